The first kappa shape index (κ1) is 14.0. The molecule has 0 aliphatic carbocycles. The van der Waals surface area contributed by atoms with Crippen LogP contribution in [0.25, 0.3) is 0 Å². The van der Waals surface area contributed by atoms with Crippen molar-refractivity contribution in [2.45, 2.75) is 46.3 Å². The Bertz CT molecular complexity index is 413. The highest BCUT2D eigenvalue weighted by Gasteiger charge is 2.26. The third kappa shape index (κ3) is 2.78. The predicted molar refractivity (Wildman–Crippen MR) is 77.4 cm³/mol. The van der Waals surface area contributed by atoms with E-state index in [2.05, 4.69) is 51.4 Å². The second-order valence-corrected chi connectivity index (χ2v) is 6.10. The highest BCUT2D eigenvalue weighted by atomic mass is 79.9. The molecule has 2 atom stereocenters. The lowest BCUT2D eigenvalue weighted by molar-refractivity contribution is 0.298. The van der Waals surface area contributed by atoms with Crippen molar-refractivity contribution in [2.24, 2.45) is 11.7 Å². The molecule has 4 nitrogen and oxygen atoms in total. The van der Waals surface area contributed by atoms with Gasteiger partial charge in [-0.05, 0) is 55.6 Å². The van der Waals surface area contributed by atoms with E-state index in [1.807, 2.05) is 0 Å². The molecule has 2 N–H and O–H groups in total. The molecule has 2 rings (SSSR count). The van der Waals surface area contributed by atoms with Crippen molar-refractivity contribution < 1.29 is 0 Å². The molecule has 1 fully saturated rings. The Morgan fingerprint density at radius 1 is 1.56 bits per heavy atom. The van der Waals surface area contributed by atoms with Crippen molar-refractivity contribution in [3.63, 3.8) is 0 Å². The maximum absolute atomic E-state index is 5.99. The first-order valence-corrected chi connectivity index (χ1v) is 7.52. The molecule has 5 heteroatoms. The Hall–Kier alpha value is -0.390. The van der Waals surface area contributed by atoms with Gasteiger partial charge in [-0.25, -0.2) is 0 Å². The number of hydrogen-bond acceptors (Lipinski definition) is 3. The lowest BCUT2D eigenvalue weighted by atomic mass is 10.0. The van der Waals surface area contributed by atoms with E-state index in [4.69, 9.17) is 5.73 Å². The summed E-state index contributed by atoms with van der Waals surface area (Å²) >= 11 is 3.66. The van der Waals surface area contributed by atoms with Gasteiger partial charge in [0.15, 0.2) is 0 Å². The molecule has 1 aliphatic heterocycles. The smallest absolute Gasteiger partial charge is 0.0739 e. The summed E-state index contributed by atoms with van der Waals surface area (Å²) in [7, 11) is 0. The summed E-state index contributed by atoms with van der Waals surface area (Å²) in [5.74, 6) is 0.642. The Morgan fingerprint density at radius 2 is 2.28 bits per heavy atom. The lowest BCUT2D eigenvalue weighted by Crippen LogP contribution is -2.30. The summed E-state index contributed by atoms with van der Waals surface area (Å²) < 4.78 is 3.26. The first-order valence-electron chi connectivity index (χ1n) is 6.72. The van der Waals surface area contributed by atoms with Gasteiger partial charge in [0.2, 0.25) is 0 Å². The van der Waals surface area contributed by atoms with Crippen LogP contribution in [0.4, 0.5) is 0 Å². The van der Waals surface area contributed by atoms with Gasteiger partial charge in [0.05, 0.1) is 15.9 Å². The molecule has 1 saturated heterocycles. The average molecular weight is 315 g/mol. The van der Waals surface area contributed by atoms with E-state index < -0.39 is 0 Å². The molecule has 102 valence electrons. The molecule has 0 aromatic carbocycles. The molecule has 2 unspecified atom stereocenters. The summed E-state index contributed by atoms with van der Waals surface area (Å²) in [5, 5.41) is 4.54. The molecule has 1 aliphatic rings. The maximum atomic E-state index is 5.99. The Balaban J connectivity index is 2.06. The summed E-state index contributed by atoms with van der Waals surface area (Å²) in [5.41, 5.74) is 8.36. The quantitative estimate of drug-likeness (QED) is 0.926. The van der Waals surface area contributed by atoms with Crippen molar-refractivity contribution in [1.29, 1.82) is 0 Å². The molecule has 2 heterocycles. The number of halogens is 1. The van der Waals surface area contributed by atoms with Crippen LogP contribution < -0.4 is 5.73 Å². The number of nitrogens with zero attached hydrogens (tertiary/aromatic N) is 3. The number of rotatable bonds is 4. The molecule has 0 amide bonds. The lowest BCUT2D eigenvalue weighted by Gasteiger charge is -2.18. The van der Waals surface area contributed by atoms with Crippen molar-refractivity contribution in [1.82, 2.24) is 14.7 Å². The van der Waals surface area contributed by atoms with Gasteiger partial charge in [-0.3, -0.25) is 9.58 Å². The molecule has 1 aromatic rings. The summed E-state index contributed by atoms with van der Waals surface area (Å²) in [4.78, 5) is 2.49. The number of aryl methyl sites for hydroxylation is 2. The van der Waals surface area contributed by atoms with Gasteiger partial charge in [0.1, 0.15) is 0 Å². The fourth-order valence-corrected chi connectivity index (χ4v) is 3.08. The van der Waals surface area contributed by atoms with E-state index in [-0.39, 0.29) is 0 Å². The fourth-order valence-electron chi connectivity index (χ4n) is 2.67. The predicted octanol–water partition coefficient (Wildman–Crippen LogP) is 2.14. The average Bonchev–Trinajstić information content (AvgIpc) is 2.89. The van der Waals surface area contributed by atoms with E-state index in [9.17, 15) is 0 Å². The number of hydrogen-bond donors (Lipinski definition) is 1. The second kappa shape index (κ2) is 5.72. The van der Waals surface area contributed by atoms with Crippen LogP contribution in [0.15, 0.2) is 4.47 Å². The Morgan fingerprint density at radius 3 is 2.83 bits per heavy atom. The van der Waals surface area contributed by atoms with Crippen LogP contribution >= 0.6 is 15.9 Å². The second-order valence-electron chi connectivity index (χ2n) is 5.30. The maximum Gasteiger partial charge on any atom is 0.0739 e. The zero-order chi connectivity index (χ0) is 13.3. The Labute approximate surface area is 118 Å². The molecule has 0 radical (unpaired) electrons. The number of aromatic nitrogens is 2. The third-order valence-electron chi connectivity index (χ3n) is 3.88. The van der Waals surface area contributed by atoms with Gasteiger partial charge >= 0.3 is 0 Å². The highest BCUT2D eigenvalue weighted by Crippen LogP contribution is 2.26. The van der Waals surface area contributed by atoms with Crippen molar-refractivity contribution in [3.05, 3.63) is 15.9 Å². The minimum absolute atomic E-state index is 0.302. The summed E-state index contributed by atoms with van der Waals surface area (Å²) in [6.07, 6.45) is 1.22. The van der Waals surface area contributed by atoms with E-state index in [0.29, 0.717) is 12.0 Å². The molecule has 0 bridgehead atoms. The van der Waals surface area contributed by atoms with Crippen LogP contribution in [0.3, 0.4) is 0 Å². The van der Waals surface area contributed by atoms with Crippen molar-refractivity contribution >= 4 is 15.9 Å². The molecule has 18 heavy (non-hydrogen) atoms. The standard InChI is InChI=1S/C13H23BrN4/c1-4-18-12(13(14)10(3)16-18)8-17-6-5-11(7-17)9(2)15/h9,11H,4-8,15H2,1-3H3. The third-order valence-corrected chi connectivity index (χ3v) is 4.91. The van der Waals surface area contributed by atoms with Gasteiger partial charge in [-0.15, -0.1) is 0 Å². The van der Waals surface area contributed by atoms with E-state index in [0.717, 1.165) is 36.3 Å². The molecule has 0 spiro atoms. The van der Waals surface area contributed by atoms with Crippen LogP contribution in [0.5, 0.6) is 0 Å². The van der Waals surface area contributed by atoms with E-state index in [1.54, 1.807) is 0 Å². The summed E-state index contributed by atoms with van der Waals surface area (Å²) in [6.45, 7) is 10.4. The minimum atomic E-state index is 0.302. The molecular weight excluding hydrogens is 292 g/mol. The van der Waals surface area contributed by atoms with Gasteiger partial charge in [0.25, 0.3) is 0 Å². The Kier molecular flexibility index (Phi) is 4.45. The van der Waals surface area contributed by atoms with Crippen molar-refractivity contribution in [3.8, 4) is 0 Å². The van der Waals surface area contributed by atoms with Crippen molar-refractivity contribution in [2.75, 3.05) is 13.1 Å². The van der Waals surface area contributed by atoms with Gasteiger partial charge < -0.3 is 5.73 Å². The minimum Gasteiger partial charge on any atom is -0.328 e. The van der Waals surface area contributed by atoms with Crippen LogP contribution in [-0.2, 0) is 13.1 Å². The van der Waals surface area contributed by atoms with Gasteiger partial charge in [0, 0.05) is 25.7 Å². The number of likely N-dealkylation sites (tertiary alicyclic amines) is 1. The molecule has 0 saturated carbocycles. The number of nitrogens with two attached hydrogens (primary N) is 1. The zero-order valence-electron chi connectivity index (χ0n) is 11.5. The van der Waals surface area contributed by atoms with Crippen LogP contribution in [-0.4, -0.2) is 33.8 Å². The normalized spacial score (nSPS) is 22.6. The van der Waals surface area contributed by atoms with Gasteiger partial charge in [-0.1, -0.05) is 0 Å². The topological polar surface area (TPSA) is 47.1 Å². The monoisotopic (exact) mass is 314 g/mol. The largest absolute Gasteiger partial charge is 0.328 e. The van der Waals surface area contributed by atoms with Crippen LogP contribution in [0.2, 0.25) is 0 Å². The fraction of sp³-hybridized carbons (Fsp3) is 0.769. The van der Waals surface area contributed by atoms with Gasteiger partial charge in [-0.2, -0.15) is 5.10 Å². The van der Waals surface area contributed by atoms with E-state index in [1.165, 1.54) is 12.1 Å². The zero-order valence-corrected chi connectivity index (χ0v) is 13.1. The van der Waals surface area contributed by atoms with Crippen LogP contribution in [0, 0.1) is 12.8 Å². The summed E-state index contributed by atoms with van der Waals surface area (Å²) in [6, 6.07) is 0.302. The molecule has 1 aromatic heterocycles. The highest BCUT2D eigenvalue weighted by molar-refractivity contribution is 9.10. The SMILES string of the molecule is CCn1nc(C)c(Br)c1CN1CCC(C(C)N)C1. The van der Waals surface area contributed by atoms with Crippen LogP contribution in [0.1, 0.15) is 31.7 Å². The first-order chi connectivity index (χ1) is 8.52. The van der Waals surface area contributed by atoms with E-state index >= 15 is 0 Å². The molecular formula is C13H23BrN4.